The average Bonchev–Trinajstić information content (AvgIpc) is 2.92. The van der Waals surface area contributed by atoms with E-state index in [4.69, 9.17) is 4.74 Å². The number of ether oxygens (including phenoxy) is 1. The zero-order valence-corrected chi connectivity index (χ0v) is 13.5. The van der Waals surface area contributed by atoms with Crippen molar-refractivity contribution in [3.8, 4) is 17.2 Å². The van der Waals surface area contributed by atoms with Crippen LogP contribution >= 0.6 is 0 Å². The summed E-state index contributed by atoms with van der Waals surface area (Å²) in [4.78, 5) is 1.47. The lowest BCUT2D eigenvalue weighted by Crippen LogP contribution is -2.02. The topological polar surface area (TPSA) is 60.2 Å². The summed E-state index contributed by atoms with van der Waals surface area (Å²) < 4.78 is 5.21. The van der Waals surface area contributed by atoms with E-state index in [0.717, 1.165) is 28.0 Å². The van der Waals surface area contributed by atoms with Crippen molar-refractivity contribution >= 4 is 11.0 Å². The molecule has 5 heteroatoms. The van der Waals surface area contributed by atoms with E-state index in [1.54, 1.807) is 7.11 Å². The predicted molar refractivity (Wildman–Crippen MR) is 90.3 cm³/mol. The van der Waals surface area contributed by atoms with E-state index in [-0.39, 0.29) is 5.75 Å². The standard InChI is InChI=1S/C18H19N3O2/c1-11(2)7-13-8-12(3)9-17(18(13)22)21-19-15-6-5-14(23-4)10-16(15)20-21/h5-6,8-10,22H,1,7H2,2-4H3. The molecule has 0 aliphatic heterocycles. The lowest BCUT2D eigenvalue weighted by molar-refractivity contribution is 0.415. The molecule has 23 heavy (non-hydrogen) atoms. The second kappa shape index (κ2) is 5.76. The molecule has 0 radical (unpaired) electrons. The third-order valence-corrected chi connectivity index (χ3v) is 3.61. The summed E-state index contributed by atoms with van der Waals surface area (Å²) in [6.07, 6.45) is 0.620. The Morgan fingerprint density at radius 3 is 2.65 bits per heavy atom. The average molecular weight is 309 g/mol. The molecule has 0 bridgehead atoms. The van der Waals surface area contributed by atoms with Crippen molar-refractivity contribution in [2.75, 3.05) is 7.11 Å². The van der Waals surface area contributed by atoms with Crippen LogP contribution in [0.2, 0.25) is 0 Å². The number of rotatable bonds is 4. The zero-order chi connectivity index (χ0) is 16.6. The van der Waals surface area contributed by atoms with Crippen LogP contribution in [-0.2, 0) is 6.42 Å². The molecule has 0 spiro atoms. The molecule has 0 aliphatic rings. The van der Waals surface area contributed by atoms with E-state index >= 15 is 0 Å². The molecule has 5 nitrogen and oxygen atoms in total. The molecule has 0 amide bonds. The van der Waals surface area contributed by atoms with Gasteiger partial charge >= 0.3 is 0 Å². The van der Waals surface area contributed by atoms with Crippen molar-refractivity contribution in [1.82, 2.24) is 15.0 Å². The first-order chi connectivity index (χ1) is 11.0. The molecular formula is C18H19N3O2. The minimum atomic E-state index is 0.186. The third kappa shape index (κ3) is 2.90. The van der Waals surface area contributed by atoms with Crippen molar-refractivity contribution in [3.05, 3.63) is 53.6 Å². The number of allylic oxidation sites excluding steroid dienone is 1. The Morgan fingerprint density at radius 2 is 1.96 bits per heavy atom. The van der Waals surface area contributed by atoms with Gasteiger partial charge in [0.1, 0.15) is 28.2 Å². The SMILES string of the molecule is C=C(C)Cc1cc(C)cc(-n2nc3ccc(OC)cc3n2)c1O. The quantitative estimate of drug-likeness (QED) is 0.749. The van der Waals surface area contributed by atoms with Crippen LogP contribution < -0.4 is 4.74 Å². The van der Waals surface area contributed by atoms with Gasteiger partial charge in [0.2, 0.25) is 0 Å². The Bertz CT molecular complexity index is 897. The lowest BCUT2D eigenvalue weighted by atomic mass is 10.0. The number of fused-ring (bicyclic) bond motifs is 1. The highest BCUT2D eigenvalue weighted by Crippen LogP contribution is 2.29. The minimum Gasteiger partial charge on any atom is -0.505 e. The van der Waals surface area contributed by atoms with Crippen LogP contribution in [0.3, 0.4) is 0 Å². The first kappa shape index (κ1) is 15.1. The highest BCUT2D eigenvalue weighted by atomic mass is 16.5. The van der Waals surface area contributed by atoms with Gasteiger partial charge in [-0.1, -0.05) is 18.2 Å². The van der Waals surface area contributed by atoms with Crippen molar-refractivity contribution in [1.29, 1.82) is 0 Å². The number of phenols is 1. The third-order valence-electron chi connectivity index (χ3n) is 3.61. The van der Waals surface area contributed by atoms with Crippen molar-refractivity contribution in [2.24, 2.45) is 0 Å². The summed E-state index contributed by atoms with van der Waals surface area (Å²) in [5, 5.41) is 19.5. The van der Waals surface area contributed by atoms with Crippen LogP contribution in [0.25, 0.3) is 16.7 Å². The molecule has 0 saturated carbocycles. The summed E-state index contributed by atoms with van der Waals surface area (Å²) in [5.41, 5.74) is 4.87. The normalized spacial score (nSPS) is 10.9. The van der Waals surface area contributed by atoms with Crippen LogP contribution in [-0.4, -0.2) is 27.2 Å². The highest BCUT2D eigenvalue weighted by Gasteiger charge is 2.14. The van der Waals surface area contributed by atoms with Gasteiger partial charge in [-0.3, -0.25) is 0 Å². The number of hydrogen-bond acceptors (Lipinski definition) is 4. The molecule has 3 rings (SSSR count). The zero-order valence-electron chi connectivity index (χ0n) is 13.5. The van der Waals surface area contributed by atoms with E-state index in [0.29, 0.717) is 17.6 Å². The molecular weight excluding hydrogens is 290 g/mol. The van der Waals surface area contributed by atoms with Crippen LogP contribution in [0.4, 0.5) is 0 Å². The Hall–Kier alpha value is -2.82. The number of nitrogens with zero attached hydrogens (tertiary/aromatic N) is 3. The van der Waals surface area contributed by atoms with Gasteiger partial charge in [-0.05, 0) is 44.0 Å². The Balaban J connectivity index is 2.14. The number of benzene rings is 2. The summed E-state index contributed by atoms with van der Waals surface area (Å²) in [5.74, 6) is 0.909. The van der Waals surface area contributed by atoms with E-state index < -0.39 is 0 Å². The van der Waals surface area contributed by atoms with Crippen molar-refractivity contribution in [3.63, 3.8) is 0 Å². The maximum Gasteiger partial charge on any atom is 0.146 e. The number of methoxy groups -OCH3 is 1. The lowest BCUT2D eigenvalue weighted by Gasteiger charge is -2.10. The molecule has 0 unspecified atom stereocenters. The maximum atomic E-state index is 10.6. The first-order valence-corrected chi connectivity index (χ1v) is 7.36. The first-order valence-electron chi connectivity index (χ1n) is 7.36. The molecule has 3 aromatic rings. The minimum absolute atomic E-state index is 0.186. The summed E-state index contributed by atoms with van der Waals surface area (Å²) in [7, 11) is 1.61. The fourth-order valence-corrected chi connectivity index (χ4v) is 2.57. The molecule has 1 N–H and O–H groups in total. The van der Waals surface area contributed by atoms with Crippen LogP contribution in [0.1, 0.15) is 18.1 Å². The maximum absolute atomic E-state index is 10.6. The number of aromatic nitrogens is 3. The van der Waals surface area contributed by atoms with E-state index in [1.165, 1.54) is 4.80 Å². The van der Waals surface area contributed by atoms with E-state index in [1.807, 2.05) is 44.2 Å². The Labute approximate surface area is 134 Å². The smallest absolute Gasteiger partial charge is 0.146 e. The predicted octanol–water partition coefficient (Wildman–Crippen LogP) is 3.56. The van der Waals surface area contributed by atoms with Gasteiger partial charge in [-0.25, -0.2) is 0 Å². The van der Waals surface area contributed by atoms with Gasteiger partial charge < -0.3 is 9.84 Å². The molecule has 0 saturated heterocycles. The van der Waals surface area contributed by atoms with Gasteiger partial charge in [0, 0.05) is 11.6 Å². The van der Waals surface area contributed by atoms with Crippen LogP contribution in [0.5, 0.6) is 11.5 Å². The van der Waals surface area contributed by atoms with Gasteiger partial charge in [0.25, 0.3) is 0 Å². The van der Waals surface area contributed by atoms with Crippen LogP contribution in [0, 0.1) is 6.92 Å². The van der Waals surface area contributed by atoms with E-state index in [2.05, 4.69) is 16.8 Å². The molecule has 2 aromatic carbocycles. The largest absolute Gasteiger partial charge is 0.505 e. The van der Waals surface area contributed by atoms with Gasteiger partial charge in [0.05, 0.1) is 7.11 Å². The van der Waals surface area contributed by atoms with Gasteiger partial charge in [-0.15, -0.1) is 15.0 Å². The molecule has 1 aromatic heterocycles. The molecule has 0 fully saturated rings. The number of hydrogen-bond donors (Lipinski definition) is 1. The number of aromatic hydroxyl groups is 1. The summed E-state index contributed by atoms with van der Waals surface area (Å²) in [6.45, 7) is 7.84. The molecule has 118 valence electrons. The van der Waals surface area contributed by atoms with Crippen LogP contribution in [0.15, 0.2) is 42.5 Å². The fourth-order valence-electron chi connectivity index (χ4n) is 2.57. The van der Waals surface area contributed by atoms with E-state index in [9.17, 15) is 5.11 Å². The summed E-state index contributed by atoms with van der Waals surface area (Å²) >= 11 is 0. The van der Waals surface area contributed by atoms with Crippen molar-refractivity contribution < 1.29 is 9.84 Å². The monoisotopic (exact) mass is 309 g/mol. The molecule has 0 atom stereocenters. The summed E-state index contributed by atoms with van der Waals surface area (Å²) in [6, 6.07) is 9.33. The fraction of sp³-hybridized carbons (Fsp3) is 0.222. The highest BCUT2D eigenvalue weighted by molar-refractivity contribution is 5.76. The molecule has 0 aliphatic carbocycles. The second-order valence-electron chi connectivity index (χ2n) is 5.77. The van der Waals surface area contributed by atoms with Gasteiger partial charge in [-0.2, -0.15) is 0 Å². The Morgan fingerprint density at radius 1 is 1.22 bits per heavy atom. The van der Waals surface area contributed by atoms with Gasteiger partial charge in [0.15, 0.2) is 0 Å². The van der Waals surface area contributed by atoms with Crippen molar-refractivity contribution in [2.45, 2.75) is 20.3 Å². The number of aryl methyl sites for hydroxylation is 1. The number of phenolic OH excluding ortho intramolecular Hbond substituents is 1. The molecule has 1 heterocycles. The second-order valence-corrected chi connectivity index (χ2v) is 5.77. The Kier molecular flexibility index (Phi) is 3.78.